The lowest BCUT2D eigenvalue weighted by Gasteiger charge is -2.30. The second-order valence-corrected chi connectivity index (χ2v) is 6.13. The number of hydrogen-bond acceptors (Lipinski definition) is 1. The lowest BCUT2D eigenvalue weighted by atomic mass is 9.98. The second-order valence-electron chi connectivity index (χ2n) is 5.28. The third-order valence-corrected chi connectivity index (χ3v) is 4.37. The van der Waals surface area contributed by atoms with Crippen LogP contribution < -0.4 is 4.90 Å². The molecule has 1 amide bonds. The van der Waals surface area contributed by atoms with Gasteiger partial charge in [-0.05, 0) is 65.0 Å². The van der Waals surface area contributed by atoms with Gasteiger partial charge in [0.15, 0.2) is 0 Å². The van der Waals surface area contributed by atoms with Crippen molar-refractivity contribution in [3.05, 3.63) is 63.1 Å². The summed E-state index contributed by atoms with van der Waals surface area (Å²) in [6.45, 7) is 4.86. The number of aryl methyl sites for hydroxylation is 2. The van der Waals surface area contributed by atoms with Crippen molar-refractivity contribution in [1.29, 1.82) is 0 Å². The Morgan fingerprint density at radius 1 is 1.15 bits per heavy atom. The van der Waals surface area contributed by atoms with E-state index in [1.54, 1.807) is 0 Å². The number of halogens is 1. The minimum absolute atomic E-state index is 0.0968. The molecule has 1 aliphatic heterocycles. The van der Waals surface area contributed by atoms with Crippen molar-refractivity contribution >= 4 is 27.5 Å². The van der Waals surface area contributed by atoms with Crippen LogP contribution in [0.2, 0.25) is 0 Å². The van der Waals surface area contributed by atoms with Crippen molar-refractivity contribution in [3.8, 4) is 0 Å². The zero-order chi connectivity index (χ0) is 14.3. The van der Waals surface area contributed by atoms with E-state index in [4.69, 9.17) is 0 Å². The number of anilines is 1. The predicted molar refractivity (Wildman–Crippen MR) is 85.4 cm³/mol. The van der Waals surface area contributed by atoms with Gasteiger partial charge in [0.25, 0.3) is 5.91 Å². The number of fused-ring (bicyclic) bond motifs is 1. The normalized spacial score (nSPS) is 14.3. The third kappa shape index (κ3) is 2.16. The molecule has 0 N–H and O–H groups in total. The fraction of sp³-hybridized carbons (Fsp3) is 0.235. The van der Waals surface area contributed by atoms with E-state index in [0.717, 1.165) is 39.8 Å². The first-order valence-electron chi connectivity index (χ1n) is 6.74. The Bertz CT molecular complexity index is 670. The number of carbonyl (C=O) groups excluding carboxylic acids is 1. The van der Waals surface area contributed by atoms with Crippen molar-refractivity contribution in [3.63, 3.8) is 0 Å². The van der Waals surface area contributed by atoms with Crippen molar-refractivity contribution in [2.24, 2.45) is 0 Å². The van der Waals surface area contributed by atoms with Gasteiger partial charge in [0.1, 0.15) is 0 Å². The largest absolute Gasteiger partial charge is 0.307 e. The van der Waals surface area contributed by atoms with E-state index >= 15 is 0 Å². The zero-order valence-corrected chi connectivity index (χ0v) is 13.2. The van der Waals surface area contributed by atoms with Gasteiger partial charge in [0.05, 0.1) is 5.69 Å². The van der Waals surface area contributed by atoms with Gasteiger partial charge in [0, 0.05) is 16.6 Å². The van der Waals surface area contributed by atoms with Gasteiger partial charge in [-0.25, -0.2) is 0 Å². The predicted octanol–water partition coefficient (Wildman–Crippen LogP) is 4.27. The van der Waals surface area contributed by atoms with Gasteiger partial charge in [-0.2, -0.15) is 0 Å². The van der Waals surface area contributed by atoms with Gasteiger partial charge < -0.3 is 4.90 Å². The van der Waals surface area contributed by atoms with E-state index in [2.05, 4.69) is 41.9 Å². The van der Waals surface area contributed by atoms with Crippen LogP contribution in [0.25, 0.3) is 0 Å². The number of rotatable bonds is 1. The Hall–Kier alpha value is -1.61. The van der Waals surface area contributed by atoms with E-state index in [-0.39, 0.29) is 5.91 Å². The molecule has 2 aromatic carbocycles. The fourth-order valence-electron chi connectivity index (χ4n) is 2.89. The zero-order valence-electron chi connectivity index (χ0n) is 11.6. The van der Waals surface area contributed by atoms with Crippen molar-refractivity contribution < 1.29 is 4.79 Å². The van der Waals surface area contributed by atoms with Gasteiger partial charge in [-0.3, -0.25) is 4.79 Å². The maximum absolute atomic E-state index is 12.7. The molecule has 0 spiro atoms. The van der Waals surface area contributed by atoms with Crippen LogP contribution in [0.3, 0.4) is 0 Å². The molecule has 3 heteroatoms. The minimum Gasteiger partial charge on any atom is -0.307 e. The van der Waals surface area contributed by atoms with E-state index in [1.165, 1.54) is 5.56 Å². The van der Waals surface area contributed by atoms with Crippen molar-refractivity contribution in [2.45, 2.75) is 20.3 Å². The first-order valence-corrected chi connectivity index (χ1v) is 7.54. The lowest BCUT2D eigenvalue weighted by Crippen LogP contribution is -2.38. The first-order chi connectivity index (χ1) is 9.58. The summed E-state index contributed by atoms with van der Waals surface area (Å²) in [4.78, 5) is 14.6. The Kier molecular flexibility index (Phi) is 3.38. The average molecular weight is 330 g/mol. The van der Waals surface area contributed by atoms with Gasteiger partial charge in [0.2, 0.25) is 0 Å². The molecule has 102 valence electrons. The van der Waals surface area contributed by atoms with Crippen LogP contribution in [0, 0.1) is 13.8 Å². The number of hydrogen-bond donors (Lipinski definition) is 0. The molecule has 1 heterocycles. The highest BCUT2D eigenvalue weighted by Crippen LogP contribution is 2.34. The van der Waals surface area contributed by atoms with Crippen LogP contribution in [-0.2, 0) is 6.42 Å². The van der Waals surface area contributed by atoms with E-state index in [1.807, 2.05) is 29.2 Å². The highest BCUT2D eigenvalue weighted by atomic mass is 79.9. The summed E-state index contributed by atoms with van der Waals surface area (Å²) in [5.74, 6) is 0.0968. The smallest absolute Gasteiger partial charge is 0.258 e. The van der Waals surface area contributed by atoms with E-state index < -0.39 is 0 Å². The maximum Gasteiger partial charge on any atom is 0.258 e. The highest BCUT2D eigenvalue weighted by Gasteiger charge is 2.27. The van der Waals surface area contributed by atoms with E-state index in [0.29, 0.717) is 0 Å². The van der Waals surface area contributed by atoms with Gasteiger partial charge >= 0.3 is 0 Å². The molecule has 2 nitrogen and oxygen atoms in total. The topological polar surface area (TPSA) is 20.3 Å². The molecular formula is C17H16BrNO. The van der Waals surface area contributed by atoms with Crippen LogP contribution in [0.5, 0.6) is 0 Å². The fourth-order valence-corrected chi connectivity index (χ4v) is 3.78. The SMILES string of the molecule is Cc1cc(C)c(N2CCc3ccccc3C2=O)c(Br)c1. The number of amides is 1. The molecule has 2 aromatic rings. The number of benzene rings is 2. The van der Waals surface area contributed by atoms with Crippen molar-refractivity contribution in [2.75, 3.05) is 11.4 Å². The Morgan fingerprint density at radius 2 is 1.90 bits per heavy atom. The van der Waals surface area contributed by atoms with Crippen LogP contribution in [0.1, 0.15) is 27.0 Å². The summed E-state index contributed by atoms with van der Waals surface area (Å²) in [6.07, 6.45) is 0.904. The molecule has 0 saturated carbocycles. The van der Waals surface area contributed by atoms with Crippen LogP contribution >= 0.6 is 15.9 Å². The molecule has 0 aromatic heterocycles. The highest BCUT2D eigenvalue weighted by molar-refractivity contribution is 9.10. The Morgan fingerprint density at radius 3 is 2.65 bits per heavy atom. The molecule has 20 heavy (non-hydrogen) atoms. The summed E-state index contributed by atoms with van der Waals surface area (Å²) in [5.41, 5.74) is 5.29. The molecule has 0 unspecified atom stereocenters. The summed E-state index contributed by atoms with van der Waals surface area (Å²) in [6, 6.07) is 12.1. The van der Waals surface area contributed by atoms with Crippen LogP contribution in [-0.4, -0.2) is 12.5 Å². The Labute approximate surface area is 127 Å². The lowest BCUT2D eigenvalue weighted by molar-refractivity contribution is 0.0980. The summed E-state index contributed by atoms with van der Waals surface area (Å²) in [5, 5.41) is 0. The molecule has 0 saturated heterocycles. The average Bonchev–Trinajstić information content (AvgIpc) is 2.40. The van der Waals surface area contributed by atoms with Crippen LogP contribution in [0.4, 0.5) is 5.69 Å². The Balaban J connectivity index is 2.08. The van der Waals surface area contributed by atoms with E-state index in [9.17, 15) is 4.79 Å². The summed E-state index contributed by atoms with van der Waals surface area (Å²) >= 11 is 3.61. The minimum atomic E-state index is 0.0968. The molecule has 3 rings (SSSR count). The molecule has 0 atom stereocenters. The van der Waals surface area contributed by atoms with Crippen LogP contribution in [0.15, 0.2) is 40.9 Å². The molecular weight excluding hydrogens is 314 g/mol. The summed E-state index contributed by atoms with van der Waals surface area (Å²) < 4.78 is 0.989. The monoisotopic (exact) mass is 329 g/mol. The quantitative estimate of drug-likeness (QED) is 0.765. The summed E-state index contributed by atoms with van der Waals surface area (Å²) in [7, 11) is 0. The van der Waals surface area contributed by atoms with Gasteiger partial charge in [-0.15, -0.1) is 0 Å². The van der Waals surface area contributed by atoms with Gasteiger partial charge in [-0.1, -0.05) is 24.3 Å². The molecule has 0 bridgehead atoms. The number of nitrogens with zero attached hydrogens (tertiary/aromatic N) is 1. The molecule has 0 fully saturated rings. The first kappa shape index (κ1) is 13.4. The third-order valence-electron chi connectivity index (χ3n) is 3.77. The molecule has 0 radical (unpaired) electrons. The second kappa shape index (κ2) is 5.06. The van der Waals surface area contributed by atoms with Crippen molar-refractivity contribution in [1.82, 2.24) is 0 Å². The maximum atomic E-state index is 12.7. The number of carbonyl (C=O) groups is 1. The molecule has 0 aliphatic carbocycles. The molecule has 1 aliphatic rings. The standard InChI is InChI=1S/C17H16BrNO/c1-11-9-12(2)16(15(18)10-11)19-8-7-13-5-3-4-6-14(13)17(19)20/h3-6,9-10H,7-8H2,1-2H3.